The van der Waals surface area contributed by atoms with Crippen LogP contribution in [-0.4, -0.2) is 28.5 Å². The van der Waals surface area contributed by atoms with Crippen molar-refractivity contribution in [2.45, 2.75) is 13.1 Å². The van der Waals surface area contributed by atoms with Crippen LogP contribution in [0.1, 0.15) is 11.1 Å². The van der Waals surface area contributed by atoms with Crippen LogP contribution in [-0.2, 0) is 17.9 Å². The molecule has 0 radical (unpaired) electrons. The van der Waals surface area contributed by atoms with Crippen LogP contribution >= 0.6 is 34.8 Å². The summed E-state index contributed by atoms with van der Waals surface area (Å²) in [5, 5.41) is 9.92. The Hall–Kier alpha value is -1.72. The summed E-state index contributed by atoms with van der Waals surface area (Å²) in [5.74, 6) is 0. The molecule has 0 saturated carbocycles. The number of nitrogens with zero attached hydrogens (tertiary/aromatic N) is 1. The molecule has 1 heterocycles. The molecule has 4 nitrogen and oxygen atoms in total. The molecule has 25 heavy (non-hydrogen) atoms. The molecule has 2 N–H and O–H groups in total. The summed E-state index contributed by atoms with van der Waals surface area (Å²) in [4.78, 5) is 13.7. The number of hydrogen-bond acceptors (Lipinski definition) is 2. The number of hydrogen-bond donors (Lipinski definition) is 2. The number of fused-ring (bicyclic) bond motifs is 1. The molecule has 1 aromatic heterocycles. The van der Waals surface area contributed by atoms with E-state index in [1.807, 2.05) is 37.4 Å². The minimum atomic E-state index is -0.250. The third-order valence-electron chi connectivity index (χ3n) is 3.66. The summed E-state index contributed by atoms with van der Waals surface area (Å²) in [7, 11) is 2.04. The fourth-order valence-corrected chi connectivity index (χ4v) is 3.25. The maximum Gasteiger partial charge on any atom is 0.290 e. The largest absolute Gasteiger partial charge is 0.483 e. The second-order valence-corrected chi connectivity index (χ2v) is 6.62. The molecule has 0 bridgehead atoms. The Bertz CT molecular complexity index is 865. The number of H-pyrrole nitrogens is 1. The van der Waals surface area contributed by atoms with E-state index >= 15 is 0 Å². The van der Waals surface area contributed by atoms with Crippen LogP contribution in [0, 0.1) is 0 Å². The molecule has 0 unspecified atom stereocenters. The van der Waals surface area contributed by atoms with E-state index in [-0.39, 0.29) is 6.47 Å². The zero-order chi connectivity index (χ0) is 18.4. The molecule has 0 fully saturated rings. The van der Waals surface area contributed by atoms with E-state index in [0.717, 1.165) is 28.6 Å². The first-order chi connectivity index (χ1) is 12.0. The quantitative estimate of drug-likeness (QED) is 0.573. The highest BCUT2D eigenvalue weighted by Crippen LogP contribution is 2.29. The molecular formula is C18H17Cl3N2O2. The van der Waals surface area contributed by atoms with Crippen molar-refractivity contribution in [3.8, 4) is 0 Å². The summed E-state index contributed by atoms with van der Waals surface area (Å²) in [6, 6.07) is 13.8. The first-order valence-electron chi connectivity index (χ1n) is 7.42. The molecule has 0 aliphatic rings. The van der Waals surface area contributed by atoms with Gasteiger partial charge in [-0.15, -0.1) is 0 Å². The van der Waals surface area contributed by atoms with Gasteiger partial charge in [0.25, 0.3) is 6.47 Å². The molecule has 7 heteroatoms. The molecule has 132 valence electrons. The second-order valence-electron chi connectivity index (χ2n) is 5.45. The van der Waals surface area contributed by atoms with Crippen LogP contribution in [0.25, 0.3) is 10.9 Å². The highest BCUT2D eigenvalue weighted by atomic mass is 35.5. The van der Waals surface area contributed by atoms with E-state index in [2.05, 4.69) is 16.0 Å². The van der Waals surface area contributed by atoms with Crippen LogP contribution in [0.15, 0.2) is 42.5 Å². The number of rotatable bonds is 4. The normalized spacial score (nSPS) is 10.6. The fraction of sp³-hybridized carbons (Fsp3) is 0.167. The number of para-hydroxylation sites is 1. The average molecular weight is 400 g/mol. The number of aromatic amines is 1. The lowest BCUT2D eigenvalue weighted by Gasteiger charge is -2.18. The van der Waals surface area contributed by atoms with Crippen molar-refractivity contribution in [3.63, 3.8) is 0 Å². The zero-order valence-corrected chi connectivity index (χ0v) is 15.7. The first-order valence-corrected chi connectivity index (χ1v) is 8.55. The van der Waals surface area contributed by atoms with Gasteiger partial charge < -0.3 is 10.1 Å². The smallest absolute Gasteiger partial charge is 0.290 e. The Balaban J connectivity index is 0.000000701. The Morgan fingerprint density at radius 2 is 1.76 bits per heavy atom. The van der Waals surface area contributed by atoms with Gasteiger partial charge in [0.2, 0.25) is 0 Å². The van der Waals surface area contributed by atoms with Gasteiger partial charge in [-0.1, -0.05) is 65.1 Å². The zero-order valence-electron chi connectivity index (χ0n) is 13.5. The van der Waals surface area contributed by atoms with E-state index < -0.39 is 0 Å². The Kier molecular flexibility index (Phi) is 7.14. The summed E-state index contributed by atoms with van der Waals surface area (Å²) in [6.07, 6.45) is 0. The standard InChI is InChI=1S/C17H15Cl3N2.CH2O2/c1-22(9-11-5-4-7-14(18)16(11)19)10-13-12-6-2-3-8-15(12)21-17(13)20;2-1-3/h2-8,21H,9-10H2,1H3;1H,(H,2,3). The molecule has 0 aliphatic carbocycles. The summed E-state index contributed by atoms with van der Waals surface area (Å²) < 4.78 is 0. The van der Waals surface area contributed by atoms with Crippen LogP contribution in [0.3, 0.4) is 0 Å². The van der Waals surface area contributed by atoms with Gasteiger partial charge >= 0.3 is 0 Å². The Labute approximate surface area is 160 Å². The van der Waals surface area contributed by atoms with Crippen molar-refractivity contribution in [1.82, 2.24) is 9.88 Å². The lowest BCUT2D eigenvalue weighted by molar-refractivity contribution is -0.122. The molecule has 0 amide bonds. The number of halogens is 3. The van der Waals surface area contributed by atoms with Crippen molar-refractivity contribution in [3.05, 3.63) is 68.8 Å². The van der Waals surface area contributed by atoms with Gasteiger partial charge in [-0.05, 0) is 24.7 Å². The number of carbonyl (C=O) groups is 1. The molecule has 0 aliphatic heterocycles. The summed E-state index contributed by atoms with van der Waals surface area (Å²) in [6.45, 7) is 1.18. The first kappa shape index (κ1) is 19.6. The molecule has 2 aromatic carbocycles. The van der Waals surface area contributed by atoms with Gasteiger partial charge in [0, 0.05) is 29.6 Å². The van der Waals surface area contributed by atoms with E-state index in [0.29, 0.717) is 21.7 Å². The van der Waals surface area contributed by atoms with Crippen LogP contribution < -0.4 is 0 Å². The molecule has 0 spiro atoms. The van der Waals surface area contributed by atoms with Crippen LogP contribution in [0.2, 0.25) is 15.2 Å². The van der Waals surface area contributed by atoms with Crippen LogP contribution in [0.5, 0.6) is 0 Å². The fourth-order valence-electron chi connectivity index (χ4n) is 2.61. The van der Waals surface area contributed by atoms with E-state index in [4.69, 9.17) is 44.7 Å². The van der Waals surface area contributed by atoms with Crippen molar-refractivity contribution >= 4 is 52.2 Å². The van der Waals surface area contributed by atoms with Crippen molar-refractivity contribution < 1.29 is 9.90 Å². The third kappa shape index (κ3) is 4.89. The molecule has 0 atom stereocenters. The molecular weight excluding hydrogens is 383 g/mol. The van der Waals surface area contributed by atoms with Gasteiger partial charge in [-0.2, -0.15) is 0 Å². The summed E-state index contributed by atoms with van der Waals surface area (Å²) in [5.41, 5.74) is 3.15. The average Bonchev–Trinajstić information content (AvgIpc) is 2.88. The van der Waals surface area contributed by atoms with Crippen molar-refractivity contribution in [1.29, 1.82) is 0 Å². The number of aromatic nitrogens is 1. The predicted octanol–water partition coefficient (Wildman–Crippen LogP) is 5.46. The Morgan fingerprint density at radius 3 is 2.48 bits per heavy atom. The third-order valence-corrected chi connectivity index (χ3v) is 4.84. The SMILES string of the molecule is CN(Cc1cccc(Cl)c1Cl)Cc1c(Cl)[nH]c2ccccc12.O=CO. The van der Waals surface area contributed by atoms with E-state index in [1.165, 1.54) is 0 Å². The minimum Gasteiger partial charge on any atom is -0.483 e. The molecule has 3 aromatic rings. The second kappa shape index (κ2) is 9.11. The monoisotopic (exact) mass is 398 g/mol. The number of carboxylic acid groups (broad SMARTS) is 1. The predicted molar refractivity (Wildman–Crippen MR) is 104 cm³/mol. The molecule has 0 saturated heterocycles. The maximum absolute atomic E-state index is 8.36. The molecule has 3 rings (SSSR count). The van der Waals surface area contributed by atoms with E-state index in [9.17, 15) is 0 Å². The minimum absolute atomic E-state index is 0.250. The van der Waals surface area contributed by atoms with Crippen LogP contribution in [0.4, 0.5) is 0 Å². The lowest BCUT2D eigenvalue weighted by Crippen LogP contribution is -2.17. The van der Waals surface area contributed by atoms with Crippen molar-refractivity contribution in [2.75, 3.05) is 7.05 Å². The highest BCUT2D eigenvalue weighted by Gasteiger charge is 2.13. The van der Waals surface area contributed by atoms with Gasteiger partial charge in [0.05, 0.1) is 10.0 Å². The van der Waals surface area contributed by atoms with Gasteiger partial charge in [0.1, 0.15) is 5.15 Å². The highest BCUT2D eigenvalue weighted by molar-refractivity contribution is 6.42. The number of nitrogens with one attached hydrogen (secondary N) is 1. The van der Waals surface area contributed by atoms with Gasteiger partial charge in [-0.3, -0.25) is 9.69 Å². The lowest BCUT2D eigenvalue weighted by atomic mass is 10.1. The van der Waals surface area contributed by atoms with Gasteiger partial charge in [-0.25, -0.2) is 0 Å². The van der Waals surface area contributed by atoms with Gasteiger partial charge in [0.15, 0.2) is 0 Å². The summed E-state index contributed by atoms with van der Waals surface area (Å²) >= 11 is 18.7. The topological polar surface area (TPSA) is 56.3 Å². The maximum atomic E-state index is 8.36. The number of benzene rings is 2. The van der Waals surface area contributed by atoms with Crippen molar-refractivity contribution in [2.24, 2.45) is 0 Å². The van der Waals surface area contributed by atoms with E-state index in [1.54, 1.807) is 6.07 Å². The Morgan fingerprint density at radius 1 is 1.08 bits per heavy atom.